The summed E-state index contributed by atoms with van der Waals surface area (Å²) < 4.78 is 43.4. The Balaban J connectivity index is 0.000000212. The fraction of sp³-hybridized carbons (Fsp3) is 0.292. The summed E-state index contributed by atoms with van der Waals surface area (Å²) in [5.41, 5.74) is 9.83. The number of ketones is 2. The third-order valence-electron chi connectivity index (χ3n) is 13.7. The molecule has 1 aliphatic carbocycles. The Bertz CT molecular complexity index is 4440. The van der Waals surface area contributed by atoms with Crippen LogP contribution in [0.2, 0.25) is 0 Å². The van der Waals surface area contributed by atoms with Gasteiger partial charge in [0, 0.05) is 88.3 Å². The molecule has 0 aliphatic heterocycles. The van der Waals surface area contributed by atoms with Crippen molar-refractivity contribution in [3.63, 3.8) is 0 Å². The van der Waals surface area contributed by atoms with Crippen molar-refractivity contribution in [3.8, 4) is 11.8 Å². The van der Waals surface area contributed by atoms with Crippen LogP contribution in [0.4, 0.5) is 0 Å². The minimum absolute atomic E-state index is 0. The molecule has 472 valence electrons. The monoisotopic (exact) mass is 1410 g/mol. The second-order valence-electron chi connectivity index (χ2n) is 19.4. The molecule has 4 aromatic carbocycles. The van der Waals surface area contributed by atoms with Gasteiger partial charge in [-0.1, -0.05) is 66.7 Å². The fourth-order valence-electron chi connectivity index (χ4n) is 10.0. The molecule has 0 bridgehead atoms. The normalized spacial score (nSPS) is 12.1. The number of Topliss-reactive ketones (excluding diaryl/α,β-unsaturated/α-hetero) is 2. The van der Waals surface area contributed by atoms with Crippen molar-refractivity contribution in [2.24, 2.45) is 0 Å². The van der Waals surface area contributed by atoms with Gasteiger partial charge in [-0.3, -0.25) is 14.6 Å². The summed E-state index contributed by atoms with van der Waals surface area (Å²) in [5, 5.41) is 36.1. The molecule has 1 atom stereocenters. The van der Waals surface area contributed by atoms with Crippen molar-refractivity contribution in [3.05, 3.63) is 145 Å². The number of carbonyl (C=O) groups is 2. The molecule has 0 spiro atoms. The van der Waals surface area contributed by atoms with E-state index in [2.05, 4.69) is 62.4 Å². The summed E-state index contributed by atoms with van der Waals surface area (Å²) in [6.45, 7) is 8.31. The van der Waals surface area contributed by atoms with Gasteiger partial charge in [0.25, 0.3) is 0 Å². The maximum Gasteiger partial charge on any atom is 0.373 e. The zero-order valence-electron chi connectivity index (χ0n) is 50.6. The van der Waals surface area contributed by atoms with Gasteiger partial charge < -0.3 is 49.7 Å². The number of hydrogen-bond acceptors (Lipinski definition) is 24. The van der Waals surface area contributed by atoms with E-state index < -0.39 is 5.92 Å². The number of hydrogen-bond donors (Lipinski definition) is 0. The Morgan fingerprint density at radius 1 is 0.538 bits per heavy atom. The number of pyridine rings is 4. The number of methoxy groups -OCH3 is 2. The van der Waals surface area contributed by atoms with Gasteiger partial charge in [0.15, 0.2) is 28.5 Å². The number of benzene rings is 4. The van der Waals surface area contributed by atoms with Gasteiger partial charge >= 0.3 is 18.5 Å². The van der Waals surface area contributed by atoms with Gasteiger partial charge in [-0.2, -0.15) is 33.5 Å². The van der Waals surface area contributed by atoms with Crippen molar-refractivity contribution >= 4 is 118 Å². The van der Waals surface area contributed by atoms with Crippen molar-refractivity contribution in [2.75, 3.05) is 40.6 Å². The summed E-state index contributed by atoms with van der Waals surface area (Å²) in [4.78, 5) is 86.0. The molecule has 25 nitrogen and oxygen atoms in total. The Hall–Kier alpha value is -10.1. The molecule has 0 amide bonds. The van der Waals surface area contributed by atoms with Gasteiger partial charge in [-0.25, -0.2) is 9.97 Å². The van der Waals surface area contributed by atoms with Crippen LogP contribution < -0.4 is 14.2 Å². The number of aromatic nitrogens is 8. The van der Waals surface area contributed by atoms with E-state index in [0.717, 1.165) is 137 Å². The Kier molecular flexibility index (Phi) is 28.6. The first-order chi connectivity index (χ1) is 43.4. The van der Waals surface area contributed by atoms with E-state index in [0.29, 0.717) is 67.8 Å². The van der Waals surface area contributed by atoms with E-state index in [4.69, 9.17) is 65.8 Å². The maximum absolute atomic E-state index is 12.3. The molecule has 1 unspecified atom stereocenters. The Labute approximate surface area is 533 Å². The van der Waals surface area contributed by atoms with Crippen LogP contribution in [-0.2, 0) is 88.2 Å². The Morgan fingerprint density at radius 3 is 1.45 bits per heavy atom. The van der Waals surface area contributed by atoms with E-state index in [9.17, 15) is 14.8 Å². The summed E-state index contributed by atoms with van der Waals surface area (Å²) in [6.07, 6.45) is 10.7. The van der Waals surface area contributed by atoms with E-state index >= 15 is 0 Å². The van der Waals surface area contributed by atoms with Crippen LogP contribution in [-0.4, -0.2) is 106 Å². The molecule has 1 saturated carbocycles. The first-order valence-electron chi connectivity index (χ1n) is 28.1. The average Bonchev–Trinajstić information content (AvgIpc) is 1.77. The van der Waals surface area contributed by atoms with Crippen molar-refractivity contribution in [1.29, 1.82) is 0 Å². The van der Waals surface area contributed by atoms with Crippen molar-refractivity contribution in [2.45, 2.75) is 84.5 Å². The van der Waals surface area contributed by atoms with Crippen LogP contribution in [0.5, 0.6) is 11.8 Å². The van der Waals surface area contributed by atoms with Gasteiger partial charge in [-0.15, -0.1) is 0 Å². The molecule has 1 fully saturated rings. The number of carbonyl (C=O) groups excluding carboxylic acids is 8. The molecule has 8 heterocycles. The quantitative estimate of drug-likeness (QED) is 0.0302. The predicted octanol–water partition coefficient (Wildman–Crippen LogP) is 10.8. The summed E-state index contributed by atoms with van der Waals surface area (Å²) in [5.74, 6) is 0.597. The first kappa shape index (κ1) is 71.6. The molecule has 91 heavy (non-hydrogen) atoms. The van der Waals surface area contributed by atoms with Crippen LogP contribution in [0.3, 0.4) is 0 Å². The van der Waals surface area contributed by atoms with Crippen molar-refractivity contribution < 1.29 is 101 Å². The van der Waals surface area contributed by atoms with Gasteiger partial charge in [0.05, 0.1) is 86.1 Å². The molecule has 13 rings (SSSR count). The smallest absolute Gasteiger partial charge is 0.373 e. The third-order valence-corrected chi connectivity index (χ3v) is 13.7. The molecule has 12 aromatic rings. The second kappa shape index (κ2) is 36.4. The zero-order valence-corrected chi connectivity index (χ0v) is 53.5. The van der Waals surface area contributed by atoms with Crippen LogP contribution in [0.15, 0.2) is 128 Å². The van der Waals surface area contributed by atoms with E-state index in [1.165, 1.54) is 6.20 Å². The third kappa shape index (κ3) is 17.8. The van der Waals surface area contributed by atoms with Crippen LogP contribution in [0, 0.1) is 12.6 Å². The summed E-state index contributed by atoms with van der Waals surface area (Å²) in [6, 6.07) is 30.2. The number of fused-ring (bicyclic) bond motifs is 12. The molecular weight excluding hydrogens is 1350 g/mol. The first-order valence-corrected chi connectivity index (χ1v) is 28.1. The van der Waals surface area contributed by atoms with Gasteiger partial charge in [-0.05, 0) is 92.4 Å². The average molecular weight is 1410 g/mol. The zero-order chi connectivity index (χ0) is 63.7. The minimum atomic E-state index is -0.405. The molecule has 1 aliphatic rings. The molecule has 0 N–H and O–H groups in total. The van der Waals surface area contributed by atoms with Gasteiger partial charge in [0.1, 0.15) is 30.5 Å². The predicted molar refractivity (Wildman–Crippen MR) is 323 cm³/mol. The molecule has 26 heteroatoms. The molecular formula is C65H63N8O17W-. The van der Waals surface area contributed by atoms with Crippen LogP contribution in [0.1, 0.15) is 88.0 Å². The SMILES string of the molecule is CCCc1noc2ccc3c(ccc[n+]3[O-])c12.CCCc1noc2ccc3nc(OCCOC)ccc3c12.CCCc1noc2ccc3ncccc3c12.COCCOc1ccc2c(ccc3onc(C4CCC(=O)CC4=O)c32)n1.O=C=O.O=C=O.O=C=O.[CH3-].[W]. The Morgan fingerprint density at radius 2 is 0.967 bits per heavy atom. The largest absolute Gasteiger partial charge is 0.618 e. The molecule has 0 saturated heterocycles. The number of nitrogens with zero attached hydrogens (tertiary/aromatic N) is 8. The second-order valence-corrected chi connectivity index (χ2v) is 19.4. The fourth-order valence-corrected chi connectivity index (χ4v) is 10.0. The van der Waals surface area contributed by atoms with E-state index in [1.807, 2.05) is 60.7 Å². The van der Waals surface area contributed by atoms with Crippen molar-refractivity contribution in [1.82, 2.24) is 35.6 Å². The maximum atomic E-state index is 12.3. The number of ether oxygens (including phenoxy) is 4. The summed E-state index contributed by atoms with van der Waals surface area (Å²) >= 11 is 0. The van der Waals surface area contributed by atoms with Gasteiger partial charge in [0.2, 0.25) is 17.3 Å². The summed E-state index contributed by atoms with van der Waals surface area (Å²) in [7, 11) is 3.26. The molecule has 0 radical (unpaired) electrons. The molecule has 8 aromatic heterocycles. The van der Waals surface area contributed by atoms with E-state index in [-0.39, 0.29) is 64.9 Å². The standard InChI is InChI=1S/C19H18N2O5.C16H18N2O3.C13H12N2O2.C13H12N2O.3CO2.CH3.W/c1-24-8-9-25-17-7-4-12-14(20-17)5-6-16-18(12)19(21-26-16)13-3-2-11(22)10-15(13)23;1-3-4-13-16-11-5-8-15(20-10-9-19-2)17-12(11)6-7-14(16)21-18-13;1-2-4-10-13-9-5-3-8-15(16)11(9)6-7-12(13)17-14-10;1-2-4-11-13-9-5-3-8-14-10(9)6-7-12(13)16-15-11;3*2-1-3;;/h4-7,13H,2-3,8-10H2,1H3;5-8H,3-4,9-10H2,1-2H3;3,5-8H,2,4H2,1H3;3,5-8H,2,4H2,1H3;;;;1H3;/q;;;;;;;-1;. The topological polar surface area (TPSA) is 343 Å². The minimum Gasteiger partial charge on any atom is -0.618 e. The van der Waals surface area contributed by atoms with Crippen LogP contribution >= 0.6 is 0 Å². The van der Waals surface area contributed by atoms with Crippen LogP contribution in [0.25, 0.3) is 87.5 Å². The van der Waals surface area contributed by atoms with E-state index in [1.54, 1.807) is 50.7 Å². The number of aryl methyl sites for hydroxylation is 3. The number of rotatable bonds is 15.